The molecule has 0 bridgehead atoms. The van der Waals surface area contributed by atoms with Gasteiger partial charge in [-0.1, -0.05) is 140 Å². The molecule has 2 aromatic heterocycles. The first kappa shape index (κ1) is 43.9. The van der Waals surface area contributed by atoms with Crippen molar-refractivity contribution >= 4 is 79.5 Å². The highest BCUT2D eigenvalue weighted by atomic mass is 16.4. The maximum Gasteiger partial charge on any atom is 0.279 e. The van der Waals surface area contributed by atoms with Gasteiger partial charge in [-0.3, -0.25) is 4.90 Å². The van der Waals surface area contributed by atoms with Crippen molar-refractivity contribution in [2.75, 3.05) is 9.80 Å². The number of nitrogens with zero attached hydrogens (tertiary/aromatic N) is 3. The molecule has 66 heavy (non-hydrogen) atoms. The minimum atomic E-state index is -0.192. The second-order valence-electron chi connectivity index (χ2n) is 24.4. The maximum atomic E-state index is 7.36. The predicted octanol–water partition coefficient (Wildman–Crippen LogP) is 15.1. The molecular formula is C60H66BN3O2. The van der Waals surface area contributed by atoms with Gasteiger partial charge in [-0.15, -0.1) is 0 Å². The molecule has 0 fully saturated rings. The summed E-state index contributed by atoms with van der Waals surface area (Å²) in [5.74, 6) is 1.35. The van der Waals surface area contributed by atoms with Gasteiger partial charge in [-0.05, 0) is 151 Å². The zero-order valence-electron chi connectivity index (χ0n) is 42.1. The molecule has 0 aliphatic carbocycles. The molecule has 0 unspecified atom stereocenters. The van der Waals surface area contributed by atoms with Crippen molar-refractivity contribution in [3.05, 3.63) is 143 Å². The number of aromatic nitrogens is 1. The molecule has 336 valence electrons. The Balaban J connectivity index is 1.28. The van der Waals surface area contributed by atoms with Crippen molar-refractivity contribution in [3.63, 3.8) is 0 Å². The van der Waals surface area contributed by atoms with Crippen LogP contribution in [0.1, 0.15) is 137 Å². The lowest BCUT2D eigenvalue weighted by atomic mass is 9.35. The van der Waals surface area contributed by atoms with E-state index in [9.17, 15) is 0 Å². The summed E-state index contributed by atoms with van der Waals surface area (Å²) in [6, 6.07) is 41.2. The summed E-state index contributed by atoms with van der Waals surface area (Å²) in [4.78, 5) is 10.6. The molecule has 0 N–H and O–H groups in total. The normalized spacial score (nSPS) is 14.3. The number of furan rings is 1. The Bertz CT molecular complexity index is 3210. The van der Waals surface area contributed by atoms with E-state index < -0.39 is 0 Å². The number of hydrogen-bond acceptors (Lipinski definition) is 5. The quantitative estimate of drug-likeness (QED) is 0.166. The molecule has 5 nitrogen and oxygen atoms in total. The highest BCUT2D eigenvalue weighted by molar-refractivity contribution is 6.99. The van der Waals surface area contributed by atoms with Crippen LogP contribution >= 0.6 is 0 Å². The van der Waals surface area contributed by atoms with E-state index in [2.05, 4.69) is 230 Å². The van der Waals surface area contributed by atoms with Crippen LogP contribution in [0.25, 0.3) is 33.4 Å². The minimum absolute atomic E-state index is 0.00155. The molecule has 0 atom stereocenters. The van der Waals surface area contributed by atoms with Gasteiger partial charge in [0, 0.05) is 44.8 Å². The van der Waals surface area contributed by atoms with Gasteiger partial charge in [0.1, 0.15) is 11.2 Å². The molecule has 0 radical (unpaired) electrons. The van der Waals surface area contributed by atoms with Crippen LogP contribution < -0.4 is 26.3 Å². The predicted molar refractivity (Wildman–Crippen MR) is 281 cm³/mol. The summed E-state index contributed by atoms with van der Waals surface area (Å²) in [5, 5.41) is 2.16. The second kappa shape index (κ2) is 14.5. The van der Waals surface area contributed by atoms with Crippen molar-refractivity contribution in [1.82, 2.24) is 4.98 Å². The molecule has 8 aromatic rings. The highest BCUT2D eigenvalue weighted by Gasteiger charge is 2.47. The van der Waals surface area contributed by atoms with Gasteiger partial charge in [-0.25, -0.2) is 4.98 Å². The first-order chi connectivity index (χ1) is 30.8. The van der Waals surface area contributed by atoms with Gasteiger partial charge in [0.25, 0.3) is 6.71 Å². The van der Waals surface area contributed by atoms with Crippen LogP contribution in [-0.2, 0) is 27.1 Å². The van der Waals surface area contributed by atoms with Gasteiger partial charge in [-0.2, -0.15) is 0 Å². The fraction of sp³-hybridized carbons (Fsp3) is 0.350. The molecule has 6 aromatic carbocycles. The van der Waals surface area contributed by atoms with Crippen molar-refractivity contribution < 1.29 is 8.83 Å². The number of hydrogen-bond donors (Lipinski definition) is 0. The third-order valence-electron chi connectivity index (χ3n) is 14.1. The van der Waals surface area contributed by atoms with Crippen molar-refractivity contribution in [2.45, 2.75) is 138 Å². The van der Waals surface area contributed by atoms with Gasteiger partial charge in [0.2, 0.25) is 11.8 Å². The highest BCUT2D eigenvalue weighted by Crippen LogP contribution is 2.48. The van der Waals surface area contributed by atoms with Crippen LogP contribution in [0.15, 0.2) is 118 Å². The molecular weight excluding hydrogens is 805 g/mol. The van der Waals surface area contributed by atoms with E-state index in [4.69, 9.17) is 13.8 Å². The van der Waals surface area contributed by atoms with E-state index in [0.29, 0.717) is 5.89 Å². The molecule has 4 heterocycles. The average Bonchev–Trinajstić information content (AvgIpc) is 3.83. The van der Waals surface area contributed by atoms with Gasteiger partial charge in [0.05, 0.1) is 5.59 Å². The Labute approximate surface area is 393 Å². The minimum Gasteiger partial charge on any atom is -0.456 e. The Hall–Kier alpha value is -6.01. The largest absolute Gasteiger partial charge is 0.456 e. The van der Waals surface area contributed by atoms with Crippen LogP contribution in [0, 0.1) is 6.92 Å². The SMILES string of the molecule is Cc1cc2c3c(c1)N(c1cc(C(C)(C)C)cc(C(C)(C)C)c1)c1oc(-c4ccc5oc6ccc(C(C)(C)C)cc6c5c4)nc1B3c1cc(C(C)(C)C)ccc1N2c1ccc(C(C)(C)C)cc1. The molecule has 2 aliphatic rings. The summed E-state index contributed by atoms with van der Waals surface area (Å²) in [6.45, 7) is 36.4. The fourth-order valence-electron chi connectivity index (χ4n) is 9.98. The standard InChI is InChI=1S/C60H66BN3O2/c1-35-27-48-52-49(28-35)64(43-31-40(59(11,12)13)30-41(32-43)60(14,15)16)55-53(62-54(66-55)36-17-25-50-44(29-36)45-33-38(57(5,6)7)21-26-51(45)65-50)61(52)46-34-39(58(8,9)10)20-24-47(46)63(48)42-22-18-37(19-23-42)56(2,3)4/h17-34H,1-16H3. The average molecular weight is 872 g/mol. The van der Waals surface area contributed by atoms with E-state index >= 15 is 0 Å². The zero-order chi connectivity index (χ0) is 47.2. The molecule has 0 amide bonds. The molecule has 6 heteroatoms. The van der Waals surface area contributed by atoms with Gasteiger partial charge in [0.15, 0.2) is 0 Å². The van der Waals surface area contributed by atoms with Crippen LogP contribution in [0.4, 0.5) is 34.3 Å². The second-order valence-corrected chi connectivity index (χ2v) is 24.4. The van der Waals surface area contributed by atoms with Crippen LogP contribution in [-0.4, -0.2) is 11.7 Å². The van der Waals surface area contributed by atoms with Crippen molar-refractivity contribution in [2.24, 2.45) is 0 Å². The summed E-state index contributed by atoms with van der Waals surface area (Å²) < 4.78 is 13.8. The number of aryl methyl sites for hydroxylation is 1. The molecule has 10 rings (SSSR count). The smallest absolute Gasteiger partial charge is 0.279 e. The Morgan fingerprint density at radius 1 is 0.439 bits per heavy atom. The molecule has 0 saturated heterocycles. The number of anilines is 6. The fourth-order valence-corrected chi connectivity index (χ4v) is 9.98. The third-order valence-corrected chi connectivity index (χ3v) is 14.1. The number of benzene rings is 6. The van der Waals surface area contributed by atoms with E-state index in [1.165, 1.54) is 50.0 Å². The van der Waals surface area contributed by atoms with Crippen molar-refractivity contribution in [3.8, 4) is 11.5 Å². The summed E-state index contributed by atoms with van der Waals surface area (Å²) in [7, 11) is 0. The lowest BCUT2D eigenvalue weighted by Crippen LogP contribution is -2.62. The third kappa shape index (κ3) is 7.27. The van der Waals surface area contributed by atoms with Crippen LogP contribution in [0.5, 0.6) is 0 Å². The van der Waals surface area contributed by atoms with E-state index in [1.807, 2.05) is 0 Å². The Morgan fingerprint density at radius 3 is 1.55 bits per heavy atom. The summed E-state index contributed by atoms with van der Waals surface area (Å²) in [6.07, 6.45) is 0. The Kier molecular flexibility index (Phi) is 9.63. The topological polar surface area (TPSA) is 45.7 Å². The number of rotatable bonds is 3. The first-order valence-corrected chi connectivity index (χ1v) is 23.9. The molecule has 0 spiro atoms. The van der Waals surface area contributed by atoms with Crippen LogP contribution in [0.3, 0.4) is 0 Å². The summed E-state index contributed by atoms with van der Waals surface area (Å²) >= 11 is 0. The lowest BCUT2D eigenvalue weighted by molar-refractivity contribution is 0.566. The zero-order valence-corrected chi connectivity index (χ0v) is 42.1. The van der Waals surface area contributed by atoms with E-state index in [1.54, 1.807) is 0 Å². The van der Waals surface area contributed by atoms with Crippen LogP contribution in [0.2, 0.25) is 0 Å². The Morgan fingerprint density at radius 2 is 0.955 bits per heavy atom. The first-order valence-electron chi connectivity index (χ1n) is 23.9. The molecule has 2 aliphatic heterocycles. The van der Waals surface area contributed by atoms with Gasteiger partial charge >= 0.3 is 0 Å². The van der Waals surface area contributed by atoms with Gasteiger partial charge < -0.3 is 13.7 Å². The van der Waals surface area contributed by atoms with E-state index in [0.717, 1.165) is 61.7 Å². The number of oxazole rings is 1. The molecule has 0 saturated carbocycles. The van der Waals surface area contributed by atoms with E-state index in [-0.39, 0.29) is 33.8 Å². The maximum absolute atomic E-state index is 7.36. The monoisotopic (exact) mass is 872 g/mol. The van der Waals surface area contributed by atoms with Crippen molar-refractivity contribution in [1.29, 1.82) is 0 Å². The number of fused-ring (bicyclic) bond motifs is 7. The lowest BCUT2D eigenvalue weighted by Gasteiger charge is -2.43. The summed E-state index contributed by atoms with van der Waals surface area (Å²) in [5.41, 5.74) is 19.1.